The summed E-state index contributed by atoms with van der Waals surface area (Å²) in [4.78, 5) is 31.7. The van der Waals surface area contributed by atoms with Crippen LogP contribution in [0.5, 0.6) is 11.5 Å². The van der Waals surface area contributed by atoms with Crippen molar-refractivity contribution in [2.24, 2.45) is 17.3 Å². The fraction of sp³-hybridized carbons (Fsp3) is 0.375. The van der Waals surface area contributed by atoms with Gasteiger partial charge in [-0.3, -0.25) is 19.6 Å². The number of nitrogens with zero attached hydrogens (tertiary/aromatic N) is 4. The van der Waals surface area contributed by atoms with Crippen molar-refractivity contribution >= 4 is 61.3 Å². The number of aromatic nitrogens is 2. The van der Waals surface area contributed by atoms with Gasteiger partial charge in [-0.15, -0.1) is 0 Å². The Morgan fingerprint density at radius 3 is 2.45 bits per heavy atom. The molecule has 1 aliphatic heterocycles. The van der Waals surface area contributed by atoms with Gasteiger partial charge in [0.05, 0.1) is 33.6 Å². The maximum atomic E-state index is 14.0. The molecular formula is C48H52ClN7O5S. The highest BCUT2D eigenvalue weighted by atomic mass is 35.5. The van der Waals surface area contributed by atoms with E-state index in [0.29, 0.717) is 48.1 Å². The van der Waals surface area contributed by atoms with Gasteiger partial charge in [-0.1, -0.05) is 49.2 Å². The first-order valence-electron chi connectivity index (χ1n) is 21.3. The number of nitrogens with one attached hydrogen (secondary N) is 3. The molecule has 2 aliphatic carbocycles. The van der Waals surface area contributed by atoms with Gasteiger partial charge in [0.15, 0.2) is 0 Å². The summed E-state index contributed by atoms with van der Waals surface area (Å²) in [6.45, 7) is 10.5. The lowest BCUT2D eigenvalue weighted by Gasteiger charge is -2.39. The lowest BCUT2D eigenvalue weighted by atomic mass is 9.72. The highest BCUT2D eigenvalue weighted by Crippen LogP contribution is 2.43. The van der Waals surface area contributed by atoms with E-state index in [2.05, 4.69) is 62.1 Å². The van der Waals surface area contributed by atoms with E-state index < -0.39 is 15.9 Å². The van der Waals surface area contributed by atoms with Crippen LogP contribution < -0.4 is 19.7 Å². The number of piperazine rings is 1. The van der Waals surface area contributed by atoms with E-state index in [0.717, 1.165) is 68.2 Å². The Balaban J connectivity index is 0.987. The van der Waals surface area contributed by atoms with Gasteiger partial charge in [0, 0.05) is 67.0 Å². The zero-order valence-corrected chi connectivity index (χ0v) is 36.9. The fourth-order valence-corrected chi connectivity index (χ4v) is 10.1. The van der Waals surface area contributed by atoms with Gasteiger partial charge in [0.2, 0.25) is 5.91 Å². The first-order valence-corrected chi connectivity index (χ1v) is 23.2. The van der Waals surface area contributed by atoms with E-state index in [4.69, 9.17) is 16.3 Å². The van der Waals surface area contributed by atoms with Gasteiger partial charge < -0.3 is 15.0 Å². The summed E-state index contributed by atoms with van der Waals surface area (Å²) in [7, 11) is -4.34. The molecule has 14 heteroatoms. The molecule has 1 saturated heterocycles. The molecule has 2 amide bonds. The number of nitriles is 1. The second kappa shape index (κ2) is 18.0. The number of rotatable bonds is 11. The average Bonchev–Trinajstić information content (AvgIpc) is 3.75. The van der Waals surface area contributed by atoms with Crippen molar-refractivity contribution in [1.29, 1.82) is 5.26 Å². The number of ether oxygens (including phenoxy) is 1. The number of sulfonamides is 1. The molecule has 0 unspecified atom stereocenters. The molecule has 0 spiro atoms. The van der Waals surface area contributed by atoms with E-state index in [1.54, 1.807) is 31.3 Å². The van der Waals surface area contributed by atoms with Crippen LogP contribution in [0, 0.1) is 35.5 Å². The van der Waals surface area contributed by atoms with Crippen LogP contribution in [0.25, 0.3) is 16.5 Å². The molecule has 4 aromatic carbocycles. The van der Waals surface area contributed by atoms with Crippen molar-refractivity contribution in [1.82, 2.24) is 19.8 Å². The van der Waals surface area contributed by atoms with Gasteiger partial charge in [-0.25, -0.2) is 13.1 Å². The molecule has 322 valence electrons. The maximum Gasteiger partial charge on any atom is 0.268 e. The summed E-state index contributed by atoms with van der Waals surface area (Å²) in [5.74, 6) is -0.565. The van der Waals surface area contributed by atoms with Crippen LogP contribution in [-0.4, -0.2) is 68.1 Å². The SMILES string of the molecule is Cc1cc(S(=O)(=O)NC(=O)c2ccc(N3CCN(CC4=C(c5ccc(Cl)cc5)CC(C)(C)CC4)CC3)cc2Oc2cccc3[nH]ncc23)ccc1NC(=O)C1CCC(C#N)CC1. The molecule has 5 aromatic rings. The Morgan fingerprint density at radius 2 is 1.73 bits per heavy atom. The Hall–Kier alpha value is -5.68. The number of halogens is 1. The second-order valence-corrected chi connectivity index (χ2v) is 19.8. The number of aryl methyl sites for hydroxylation is 1. The number of fused-ring (bicyclic) bond motifs is 1. The Kier molecular flexibility index (Phi) is 12.5. The molecule has 2 fully saturated rings. The summed E-state index contributed by atoms with van der Waals surface area (Å²) in [6.07, 6.45) is 7.51. The summed E-state index contributed by atoms with van der Waals surface area (Å²) < 4.78 is 36.2. The number of carbonyl (C=O) groups is 2. The molecule has 0 bridgehead atoms. The third-order valence-corrected chi connectivity index (χ3v) is 14.3. The third-order valence-electron chi connectivity index (χ3n) is 12.7. The van der Waals surface area contributed by atoms with Gasteiger partial charge >= 0.3 is 0 Å². The van der Waals surface area contributed by atoms with Crippen molar-refractivity contribution in [2.75, 3.05) is 42.9 Å². The minimum atomic E-state index is -4.34. The van der Waals surface area contributed by atoms with Gasteiger partial charge in [0.25, 0.3) is 15.9 Å². The lowest BCUT2D eigenvalue weighted by molar-refractivity contribution is -0.120. The monoisotopic (exact) mass is 873 g/mol. The summed E-state index contributed by atoms with van der Waals surface area (Å²) in [5, 5.41) is 20.7. The molecule has 2 heterocycles. The molecule has 0 atom stereocenters. The Bertz CT molecular complexity index is 2670. The van der Waals surface area contributed by atoms with Crippen molar-refractivity contribution < 1.29 is 22.7 Å². The zero-order chi connectivity index (χ0) is 43.6. The van der Waals surface area contributed by atoms with Gasteiger partial charge in [0.1, 0.15) is 11.5 Å². The largest absolute Gasteiger partial charge is 0.456 e. The van der Waals surface area contributed by atoms with Crippen LogP contribution in [0.15, 0.2) is 95.5 Å². The second-order valence-electron chi connectivity index (χ2n) is 17.6. The summed E-state index contributed by atoms with van der Waals surface area (Å²) in [6, 6.07) is 25.5. The number of carbonyl (C=O) groups excluding carboxylic acids is 2. The van der Waals surface area contributed by atoms with E-state index in [1.807, 2.05) is 30.3 Å². The smallest absolute Gasteiger partial charge is 0.268 e. The summed E-state index contributed by atoms with van der Waals surface area (Å²) in [5.41, 5.74) is 7.05. The first-order chi connectivity index (χ1) is 29.7. The number of amides is 2. The number of benzene rings is 4. The lowest BCUT2D eigenvalue weighted by Crippen LogP contribution is -2.47. The van der Waals surface area contributed by atoms with Crippen molar-refractivity contribution in [3.63, 3.8) is 0 Å². The van der Waals surface area contributed by atoms with E-state index in [1.165, 1.54) is 34.9 Å². The number of H-pyrrole nitrogens is 1. The fourth-order valence-electron chi connectivity index (χ4n) is 8.93. The van der Waals surface area contributed by atoms with Crippen LogP contribution in [-0.2, 0) is 14.8 Å². The van der Waals surface area contributed by atoms with Crippen LogP contribution in [0.4, 0.5) is 11.4 Å². The van der Waals surface area contributed by atoms with Crippen LogP contribution in [0.3, 0.4) is 0 Å². The van der Waals surface area contributed by atoms with Crippen LogP contribution in [0.2, 0.25) is 5.02 Å². The van der Waals surface area contributed by atoms with Crippen LogP contribution in [0.1, 0.15) is 80.3 Å². The molecular weight excluding hydrogens is 822 g/mol. The third kappa shape index (κ3) is 9.68. The molecule has 3 N–H and O–H groups in total. The van der Waals surface area contributed by atoms with Crippen molar-refractivity contribution in [3.8, 4) is 17.6 Å². The van der Waals surface area contributed by atoms with Crippen molar-refractivity contribution in [2.45, 2.75) is 70.6 Å². The standard InChI is InChI=1S/C48H52ClN7O5S/c1-31-25-38(16-18-42(31)52-46(57)34-9-7-32(28-50)8-10-34)62(59,60)54-47(58)39-17-15-37(26-45(39)61-44-6-4-5-43-41(44)29-51-53-43)56-23-21-55(22-24-56)30-35-19-20-48(2,3)27-40(35)33-11-13-36(49)14-12-33/h4-6,11-18,25-26,29,32,34H,7-10,19-24,27,30H2,1-3H3,(H,51,53)(H,52,57)(H,54,58). The number of aromatic amines is 1. The maximum absolute atomic E-state index is 14.0. The van der Waals surface area contributed by atoms with Gasteiger partial charge in [-0.05, 0) is 129 Å². The number of allylic oxidation sites excluding steroid dienone is 1. The van der Waals surface area contributed by atoms with E-state index in [9.17, 15) is 23.3 Å². The van der Waals surface area contributed by atoms with Gasteiger partial charge in [-0.2, -0.15) is 10.4 Å². The molecule has 3 aliphatic rings. The number of anilines is 2. The molecule has 12 nitrogen and oxygen atoms in total. The minimum Gasteiger partial charge on any atom is -0.456 e. The Morgan fingerprint density at radius 1 is 0.968 bits per heavy atom. The quantitative estimate of drug-likeness (QED) is 0.117. The zero-order valence-electron chi connectivity index (χ0n) is 35.3. The molecule has 62 heavy (non-hydrogen) atoms. The minimum absolute atomic E-state index is 0.0211. The molecule has 1 aromatic heterocycles. The highest BCUT2D eigenvalue weighted by Gasteiger charge is 2.31. The Labute approximate surface area is 368 Å². The van der Waals surface area contributed by atoms with E-state index >= 15 is 0 Å². The molecule has 0 radical (unpaired) electrons. The van der Waals surface area contributed by atoms with Crippen LogP contribution >= 0.6 is 11.6 Å². The number of hydrogen-bond donors (Lipinski definition) is 3. The molecule has 8 rings (SSSR count). The highest BCUT2D eigenvalue weighted by molar-refractivity contribution is 7.90. The summed E-state index contributed by atoms with van der Waals surface area (Å²) >= 11 is 6.25. The molecule has 1 saturated carbocycles. The first kappa shape index (κ1) is 43.0. The normalized spacial score (nSPS) is 19.5. The predicted octanol–water partition coefficient (Wildman–Crippen LogP) is 9.49. The topological polar surface area (TPSA) is 161 Å². The van der Waals surface area contributed by atoms with Crippen molar-refractivity contribution in [3.05, 3.63) is 112 Å². The average molecular weight is 875 g/mol. The van der Waals surface area contributed by atoms with E-state index in [-0.39, 0.29) is 39.4 Å². The predicted molar refractivity (Wildman–Crippen MR) is 243 cm³/mol. The number of hydrogen-bond acceptors (Lipinski definition) is 9.